The molecule has 0 saturated carbocycles. The lowest BCUT2D eigenvalue weighted by molar-refractivity contribution is 0.0740. The first-order valence-corrected chi connectivity index (χ1v) is 7.73. The van der Waals surface area contributed by atoms with E-state index < -0.39 is 0 Å². The summed E-state index contributed by atoms with van der Waals surface area (Å²) in [4.78, 5) is 26.2. The van der Waals surface area contributed by atoms with Crippen LogP contribution in [0, 0.1) is 5.41 Å². The number of nitrogens with two attached hydrogens (primary N) is 1. The molecule has 0 spiro atoms. The minimum absolute atomic E-state index is 0.120. The fourth-order valence-corrected chi connectivity index (χ4v) is 2.33. The lowest BCUT2D eigenvalue weighted by Gasteiger charge is -2.29. The van der Waals surface area contributed by atoms with Gasteiger partial charge in [0.15, 0.2) is 5.76 Å². The van der Waals surface area contributed by atoms with Crippen LogP contribution in [0.1, 0.15) is 34.8 Å². The molecule has 0 saturated heterocycles. The molecular formula is C18H23N3O3. The standard InChI is InChI=1S/C18H23N3O3/c1-18(2,11-19)12-21(3)17(23)13-6-4-7-14(10-13)20-16(22)15-8-5-9-24-15/h4-10H,11-12,19H2,1-3H3,(H,20,22). The highest BCUT2D eigenvalue weighted by Crippen LogP contribution is 2.18. The highest BCUT2D eigenvalue weighted by molar-refractivity contribution is 6.03. The molecule has 2 aromatic rings. The van der Waals surface area contributed by atoms with Gasteiger partial charge in [0.2, 0.25) is 0 Å². The summed E-state index contributed by atoms with van der Waals surface area (Å²) in [6.07, 6.45) is 1.43. The van der Waals surface area contributed by atoms with Gasteiger partial charge in [-0.15, -0.1) is 0 Å². The third-order valence-electron chi connectivity index (χ3n) is 3.68. The van der Waals surface area contributed by atoms with E-state index in [1.54, 1.807) is 48.3 Å². The van der Waals surface area contributed by atoms with Crippen LogP contribution in [0.4, 0.5) is 5.69 Å². The van der Waals surface area contributed by atoms with Gasteiger partial charge in [-0.1, -0.05) is 19.9 Å². The number of nitrogens with one attached hydrogen (secondary N) is 1. The molecule has 0 unspecified atom stereocenters. The number of carbonyl (C=O) groups is 2. The fraction of sp³-hybridized carbons (Fsp3) is 0.333. The summed E-state index contributed by atoms with van der Waals surface area (Å²) in [7, 11) is 1.74. The van der Waals surface area contributed by atoms with Crippen LogP contribution in [0.3, 0.4) is 0 Å². The Hall–Kier alpha value is -2.60. The number of nitrogens with zero attached hydrogens (tertiary/aromatic N) is 1. The van der Waals surface area contributed by atoms with Crippen molar-refractivity contribution in [1.29, 1.82) is 0 Å². The van der Waals surface area contributed by atoms with Gasteiger partial charge in [0.05, 0.1) is 6.26 Å². The Morgan fingerprint density at radius 3 is 2.62 bits per heavy atom. The zero-order chi connectivity index (χ0) is 17.7. The number of carbonyl (C=O) groups excluding carboxylic acids is 2. The Bertz CT molecular complexity index is 708. The molecule has 0 aliphatic rings. The van der Waals surface area contributed by atoms with Crippen molar-refractivity contribution in [2.24, 2.45) is 11.1 Å². The molecule has 2 amide bonds. The third-order valence-corrected chi connectivity index (χ3v) is 3.68. The molecule has 0 aliphatic heterocycles. The van der Waals surface area contributed by atoms with E-state index in [0.29, 0.717) is 24.3 Å². The number of hydrogen-bond acceptors (Lipinski definition) is 4. The number of furan rings is 1. The Morgan fingerprint density at radius 1 is 1.25 bits per heavy atom. The fourth-order valence-electron chi connectivity index (χ4n) is 2.33. The van der Waals surface area contributed by atoms with E-state index >= 15 is 0 Å². The van der Waals surface area contributed by atoms with Gasteiger partial charge in [-0.3, -0.25) is 9.59 Å². The minimum Gasteiger partial charge on any atom is -0.459 e. The molecule has 0 atom stereocenters. The van der Waals surface area contributed by atoms with Gasteiger partial charge >= 0.3 is 0 Å². The van der Waals surface area contributed by atoms with Gasteiger partial charge in [-0.05, 0) is 42.3 Å². The molecule has 0 bridgehead atoms. The summed E-state index contributed by atoms with van der Waals surface area (Å²) in [6, 6.07) is 10.0. The van der Waals surface area contributed by atoms with Crippen LogP contribution in [0.5, 0.6) is 0 Å². The van der Waals surface area contributed by atoms with E-state index in [9.17, 15) is 9.59 Å². The molecule has 1 aromatic heterocycles. The first-order chi connectivity index (χ1) is 11.3. The van der Waals surface area contributed by atoms with Crippen LogP contribution in [0.25, 0.3) is 0 Å². The van der Waals surface area contributed by atoms with Crippen molar-refractivity contribution in [3.63, 3.8) is 0 Å². The Kier molecular flexibility index (Phi) is 5.41. The Labute approximate surface area is 141 Å². The topological polar surface area (TPSA) is 88.6 Å². The summed E-state index contributed by atoms with van der Waals surface area (Å²) >= 11 is 0. The van der Waals surface area contributed by atoms with E-state index in [0.717, 1.165) is 0 Å². The summed E-state index contributed by atoms with van der Waals surface area (Å²) in [5.74, 6) is -0.263. The normalized spacial score (nSPS) is 11.2. The second-order valence-electron chi connectivity index (χ2n) is 6.54. The van der Waals surface area contributed by atoms with Crippen molar-refractivity contribution < 1.29 is 14.0 Å². The van der Waals surface area contributed by atoms with Crippen molar-refractivity contribution in [3.05, 3.63) is 54.0 Å². The van der Waals surface area contributed by atoms with Crippen molar-refractivity contribution in [3.8, 4) is 0 Å². The number of hydrogen-bond donors (Lipinski definition) is 2. The highest BCUT2D eigenvalue weighted by atomic mass is 16.3. The molecule has 24 heavy (non-hydrogen) atoms. The third kappa shape index (κ3) is 4.45. The molecule has 128 valence electrons. The molecule has 6 nitrogen and oxygen atoms in total. The number of anilines is 1. The SMILES string of the molecule is CN(CC(C)(C)CN)C(=O)c1cccc(NC(=O)c2ccco2)c1. The molecule has 1 aromatic carbocycles. The van der Waals surface area contributed by atoms with Gasteiger partial charge in [-0.2, -0.15) is 0 Å². The second kappa shape index (κ2) is 7.31. The van der Waals surface area contributed by atoms with Crippen molar-refractivity contribution in [2.45, 2.75) is 13.8 Å². The first kappa shape index (κ1) is 17.7. The summed E-state index contributed by atoms with van der Waals surface area (Å²) in [6.45, 7) is 5.06. The van der Waals surface area contributed by atoms with E-state index in [-0.39, 0.29) is 23.0 Å². The molecule has 0 fully saturated rings. The van der Waals surface area contributed by atoms with Crippen LogP contribution < -0.4 is 11.1 Å². The average Bonchev–Trinajstić information content (AvgIpc) is 3.08. The zero-order valence-corrected chi connectivity index (χ0v) is 14.2. The predicted octanol–water partition coefficient (Wildman–Crippen LogP) is 2.59. The molecular weight excluding hydrogens is 306 g/mol. The smallest absolute Gasteiger partial charge is 0.291 e. The molecule has 2 rings (SSSR count). The monoisotopic (exact) mass is 329 g/mol. The number of amides is 2. The van der Waals surface area contributed by atoms with Gasteiger partial charge < -0.3 is 20.4 Å². The highest BCUT2D eigenvalue weighted by Gasteiger charge is 2.22. The predicted molar refractivity (Wildman–Crippen MR) is 92.9 cm³/mol. The summed E-state index contributed by atoms with van der Waals surface area (Å²) < 4.78 is 5.05. The summed E-state index contributed by atoms with van der Waals surface area (Å²) in [5.41, 5.74) is 6.61. The molecule has 3 N–H and O–H groups in total. The maximum atomic E-state index is 12.6. The lowest BCUT2D eigenvalue weighted by atomic mass is 9.93. The van der Waals surface area contributed by atoms with Crippen molar-refractivity contribution >= 4 is 17.5 Å². The van der Waals surface area contributed by atoms with Gasteiger partial charge in [0.25, 0.3) is 11.8 Å². The quantitative estimate of drug-likeness (QED) is 0.852. The first-order valence-electron chi connectivity index (χ1n) is 7.73. The van der Waals surface area contributed by atoms with Gasteiger partial charge in [0.1, 0.15) is 0 Å². The lowest BCUT2D eigenvalue weighted by Crippen LogP contribution is -2.39. The van der Waals surface area contributed by atoms with Gasteiger partial charge in [-0.25, -0.2) is 0 Å². The van der Waals surface area contributed by atoms with E-state index in [2.05, 4.69) is 5.32 Å². The second-order valence-corrected chi connectivity index (χ2v) is 6.54. The van der Waals surface area contributed by atoms with E-state index in [4.69, 9.17) is 10.2 Å². The van der Waals surface area contributed by atoms with E-state index in [1.807, 2.05) is 13.8 Å². The maximum absolute atomic E-state index is 12.6. The molecule has 1 heterocycles. The Balaban J connectivity index is 2.09. The number of rotatable bonds is 6. The molecule has 0 radical (unpaired) electrons. The Morgan fingerprint density at radius 2 is 2.00 bits per heavy atom. The zero-order valence-electron chi connectivity index (χ0n) is 14.2. The van der Waals surface area contributed by atoms with Crippen LogP contribution >= 0.6 is 0 Å². The van der Waals surface area contributed by atoms with Crippen LogP contribution in [0.15, 0.2) is 47.1 Å². The summed E-state index contributed by atoms with van der Waals surface area (Å²) in [5, 5.41) is 2.71. The van der Waals surface area contributed by atoms with Crippen LogP contribution in [0.2, 0.25) is 0 Å². The van der Waals surface area contributed by atoms with Crippen molar-refractivity contribution in [2.75, 3.05) is 25.5 Å². The molecule has 0 aliphatic carbocycles. The van der Waals surface area contributed by atoms with Crippen molar-refractivity contribution in [1.82, 2.24) is 4.90 Å². The average molecular weight is 329 g/mol. The minimum atomic E-state index is -0.359. The van der Waals surface area contributed by atoms with Crippen LogP contribution in [-0.4, -0.2) is 36.9 Å². The maximum Gasteiger partial charge on any atom is 0.291 e. The van der Waals surface area contributed by atoms with Gasteiger partial charge in [0, 0.05) is 24.8 Å². The largest absolute Gasteiger partial charge is 0.459 e. The number of benzene rings is 1. The van der Waals surface area contributed by atoms with E-state index in [1.165, 1.54) is 6.26 Å². The molecule has 6 heteroatoms. The van der Waals surface area contributed by atoms with Crippen LogP contribution in [-0.2, 0) is 0 Å².